The Bertz CT molecular complexity index is 1300. The SMILES string of the molecule is CN1C(=O)[C@]23C[C@H]4C(C)(C)[C@@]5(C[C@@]41CN2CCC[C@@]3(C)O)C(=O)Nc1c5ccc2c1OC=CC(C)(C)O2. The van der Waals surface area contributed by atoms with Crippen molar-refractivity contribution in [3.05, 3.63) is 30.0 Å². The minimum Gasteiger partial charge on any atom is -0.480 e. The molecule has 5 fully saturated rings. The summed E-state index contributed by atoms with van der Waals surface area (Å²) < 4.78 is 12.3. The van der Waals surface area contributed by atoms with Crippen LogP contribution in [0.4, 0.5) is 5.69 Å². The lowest BCUT2D eigenvalue weighted by molar-refractivity contribution is -0.236. The first kappa shape index (κ1) is 23.5. The third kappa shape index (κ3) is 2.39. The molecule has 8 rings (SSSR count). The smallest absolute Gasteiger partial charge is 0.246 e. The van der Waals surface area contributed by atoms with Gasteiger partial charge >= 0.3 is 0 Å². The van der Waals surface area contributed by atoms with Gasteiger partial charge in [-0.25, -0.2) is 0 Å². The average Bonchev–Trinajstić information content (AvgIpc) is 3.12. The fraction of sp³-hybridized carbons (Fsp3) is 0.655. The van der Waals surface area contributed by atoms with Crippen molar-refractivity contribution < 1.29 is 24.2 Å². The lowest BCUT2D eigenvalue weighted by Crippen LogP contribution is -2.86. The summed E-state index contributed by atoms with van der Waals surface area (Å²) in [5, 5.41) is 14.9. The molecule has 0 unspecified atom stereocenters. The van der Waals surface area contributed by atoms with Gasteiger partial charge in [-0.3, -0.25) is 14.5 Å². The zero-order valence-electron chi connectivity index (χ0n) is 22.6. The number of hydrogen-bond acceptors (Lipinski definition) is 6. The molecule has 8 heteroatoms. The highest BCUT2D eigenvalue weighted by atomic mass is 16.5. The normalized spacial score (nSPS) is 42.4. The maximum absolute atomic E-state index is 14.2. The van der Waals surface area contributed by atoms with Gasteiger partial charge in [0.1, 0.15) is 11.1 Å². The number of piperazine rings is 1. The Hall–Kier alpha value is -2.58. The second-order valence-corrected chi connectivity index (χ2v) is 13.6. The van der Waals surface area contributed by atoms with Crippen molar-refractivity contribution in [2.45, 2.75) is 88.0 Å². The van der Waals surface area contributed by atoms with Crippen molar-refractivity contribution in [1.82, 2.24) is 9.80 Å². The zero-order valence-corrected chi connectivity index (χ0v) is 22.6. The Morgan fingerprint density at radius 3 is 2.65 bits per heavy atom. The van der Waals surface area contributed by atoms with Crippen LogP contribution in [-0.4, -0.2) is 69.1 Å². The number of carbonyl (C=O) groups excluding carboxylic acids is 2. The van der Waals surface area contributed by atoms with Gasteiger partial charge in [0, 0.05) is 13.6 Å². The first-order valence-electron chi connectivity index (χ1n) is 13.5. The number of likely N-dealkylation sites (N-methyl/N-ethyl adjacent to an activating group) is 1. The van der Waals surface area contributed by atoms with E-state index in [1.807, 2.05) is 50.9 Å². The minimum absolute atomic E-state index is 0.00258. The van der Waals surface area contributed by atoms with Gasteiger partial charge < -0.3 is 24.8 Å². The number of carbonyl (C=O) groups is 2. The van der Waals surface area contributed by atoms with Gasteiger partial charge in [0.15, 0.2) is 11.5 Å². The van der Waals surface area contributed by atoms with Crippen molar-refractivity contribution in [1.29, 1.82) is 0 Å². The molecule has 1 aliphatic carbocycles. The maximum atomic E-state index is 14.2. The molecule has 198 valence electrons. The van der Waals surface area contributed by atoms with Crippen molar-refractivity contribution in [2.75, 3.05) is 25.5 Å². The minimum atomic E-state index is -1.12. The molecule has 4 saturated heterocycles. The van der Waals surface area contributed by atoms with E-state index in [2.05, 4.69) is 24.1 Å². The van der Waals surface area contributed by atoms with Crippen LogP contribution in [-0.2, 0) is 15.0 Å². The van der Waals surface area contributed by atoms with E-state index in [9.17, 15) is 14.7 Å². The van der Waals surface area contributed by atoms with Crippen molar-refractivity contribution >= 4 is 17.5 Å². The van der Waals surface area contributed by atoms with Crippen LogP contribution in [0.5, 0.6) is 11.5 Å². The van der Waals surface area contributed by atoms with Crippen molar-refractivity contribution in [3.8, 4) is 11.5 Å². The number of benzene rings is 1. The predicted molar refractivity (Wildman–Crippen MR) is 137 cm³/mol. The summed E-state index contributed by atoms with van der Waals surface area (Å²) in [6, 6.07) is 3.93. The second-order valence-electron chi connectivity index (χ2n) is 13.6. The number of ether oxygens (including phenoxy) is 2. The standard InChI is InChI=1S/C29H37N3O5/c1-24(2)11-13-36-21-18(37-24)9-8-17-20(21)30-22(33)28(17)15-27-16-32-12-7-10-26(5,35)29(32,23(34)31(27)6)14-19(27)25(28,3)4/h8-9,11,13,19,35H,7,10,12,14-16H2,1-6H3,(H,30,33)/t19-,26+,27+,28+,29-/m0/s1. The van der Waals surface area contributed by atoms with Gasteiger partial charge in [-0.05, 0) is 82.0 Å². The fourth-order valence-electron chi connectivity index (χ4n) is 9.30. The Kier molecular flexibility index (Phi) is 4.14. The number of nitrogens with one attached hydrogen (secondary N) is 1. The van der Waals surface area contributed by atoms with E-state index in [1.165, 1.54) is 0 Å². The van der Waals surface area contributed by atoms with E-state index in [1.54, 1.807) is 6.26 Å². The Labute approximate surface area is 218 Å². The number of rotatable bonds is 0. The van der Waals surface area contributed by atoms with Crippen LogP contribution in [0.15, 0.2) is 24.5 Å². The summed E-state index contributed by atoms with van der Waals surface area (Å²) in [4.78, 5) is 32.5. The van der Waals surface area contributed by atoms with Crippen molar-refractivity contribution in [2.24, 2.45) is 11.3 Å². The monoisotopic (exact) mass is 507 g/mol. The summed E-state index contributed by atoms with van der Waals surface area (Å²) in [6.07, 6.45) is 6.05. The lowest BCUT2D eigenvalue weighted by atomic mass is 9.53. The summed E-state index contributed by atoms with van der Waals surface area (Å²) in [6.45, 7) is 11.6. The highest BCUT2D eigenvalue weighted by Gasteiger charge is 2.81. The molecule has 7 aliphatic rings. The molecule has 37 heavy (non-hydrogen) atoms. The number of nitrogens with zero attached hydrogens (tertiary/aromatic N) is 2. The van der Waals surface area contributed by atoms with Gasteiger partial charge in [-0.2, -0.15) is 0 Å². The lowest BCUT2D eigenvalue weighted by Gasteiger charge is -2.70. The molecular weight excluding hydrogens is 470 g/mol. The number of anilines is 1. The molecular formula is C29H37N3O5. The molecule has 1 saturated carbocycles. The topological polar surface area (TPSA) is 91.3 Å². The van der Waals surface area contributed by atoms with Crippen LogP contribution in [0.1, 0.15) is 65.9 Å². The van der Waals surface area contributed by atoms with E-state index in [-0.39, 0.29) is 17.7 Å². The number of amides is 2. The quantitative estimate of drug-likeness (QED) is 0.561. The van der Waals surface area contributed by atoms with Gasteiger partial charge in [-0.1, -0.05) is 19.9 Å². The molecule has 3 spiro atoms. The van der Waals surface area contributed by atoms with Crippen LogP contribution in [0.25, 0.3) is 0 Å². The zero-order chi connectivity index (χ0) is 26.4. The van der Waals surface area contributed by atoms with E-state index in [0.29, 0.717) is 43.0 Å². The van der Waals surface area contributed by atoms with Gasteiger partial charge in [0.05, 0.1) is 28.5 Å². The molecule has 2 N–H and O–H groups in total. The number of piperidine rings is 3. The van der Waals surface area contributed by atoms with Crippen molar-refractivity contribution in [3.63, 3.8) is 0 Å². The molecule has 8 nitrogen and oxygen atoms in total. The Balaban J connectivity index is 1.42. The van der Waals surface area contributed by atoms with Crippen LogP contribution in [0.3, 0.4) is 0 Å². The highest BCUT2D eigenvalue weighted by molar-refractivity contribution is 6.09. The predicted octanol–water partition coefficient (Wildman–Crippen LogP) is 3.19. The average molecular weight is 508 g/mol. The molecule has 6 aliphatic heterocycles. The Morgan fingerprint density at radius 2 is 1.89 bits per heavy atom. The second kappa shape index (κ2) is 6.52. The number of aliphatic hydroxyl groups is 1. The van der Waals surface area contributed by atoms with Gasteiger partial charge in [-0.15, -0.1) is 0 Å². The number of hydrogen-bond donors (Lipinski definition) is 2. The first-order chi connectivity index (χ1) is 17.2. The maximum Gasteiger partial charge on any atom is 0.246 e. The summed E-state index contributed by atoms with van der Waals surface area (Å²) in [5.74, 6) is 1.11. The molecule has 1 aromatic rings. The summed E-state index contributed by atoms with van der Waals surface area (Å²) in [5.41, 5.74) is -2.87. The van der Waals surface area contributed by atoms with Crippen LogP contribution >= 0.6 is 0 Å². The molecule has 0 aromatic heterocycles. The fourth-order valence-corrected chi connectivity index (χ4v) is 9.30. The van der Waals surface area contributed by atoms with E-state index in [4.69, 9.17) is 9.47 Å². The molecule has 1 aromatic carbocycles. The summed E-state index contributed by atoms with van der Waals surface area (Å²) in [7, 11) is 1.89. The number of fused-ring (bicyclic) bond motifs is 5. The highest BCUT2D eigenvalue weighted by Crippen LogP contribution is 2.72. The van der Waals surface area contributed by atoms with Crippen LogP contribution in [0.2, 0.25) is 0 Å². The van der Waals surface area contributed by atoms with Crippen LogP contribution < -0.4 is 14.8 Å². The van der Waals surface area contributed by atoms with Gasteiger partial charge in [0.2, 0.25) is 11.8 Å². The third-order valence-corrected chi connectivity index (χ3v) is 11.2. The van der Waals surface area contributed by atoms with E-state index in [0.717, 1.165) is 18.5 Å². The van der Waals surface area contributed by atoms with E-state index >= 15 is 0 Å². The first-order valence-corrected chi connectivity index (χ1v) is 13.5. The van der Waals surface area contributed by atoms with Gasteiger partial charge in [0.25, 0.3) is 0 Å². The third-order valence-electron chi connectivity index (χ3n) is 11.2. The molecule has 5 atom stereocenters. The molecule has 2 amide bonds. The molecule has 6 heterocycles. The summed E-state index contributed by atoms with van der Waals surface area (Å²) >= 11 is 0. The molecule has 0 radical (unpaired) electrons. The Morgan fingerprint density at radius 1 is 1.14 bits per heavy atom. The largest absolute Gasteiger partial charge is 0.480 e. The van der Waals surface area contributed by atoms with Crippen LogP contribution in [0, 0.1) is 11.3 Å². The van der Waals surface area contributed by atoms with E-state index < -0.39 is 33.1 Å². The molecule has 2 bridgehead atoms.